The van der Waals surface area contributed by atoms with E-state index in [1.807, 2.05) is 0 Å². The van der Waals surface area contributed by atoms with Crippen LogP contribution in [0.4, 0.5) is 0 Å². The van der Waals surface area contributed by atoms with Gasteiger partial charge in [-0.3, -0.25) is 0 Å². The van der Waals surface area contributed by atoms with Gasteiger partial charge in [0.2, 0.25) is 0 Å². The third-order valence-electron chi connectivity index (χ3n) is 2.81. The summed E-state index contributed by atoms with van der Waals surface area (Å²) in [5.74, 6) is 0. The Morgan fingerprint density at radius 2 is 1.32 bits per heavy atom. The molecule has 0 bridgehead atoms. The molecule has 5 heteroatoms. The molecule has 0 atom stereocenters. The Morgan fingerprint density at radius 1 is 0.895 bits per heavy atom. The Kier molecular flexibility index (Phi) is 22.4. The molecule has 0 unspecified atom stereocenters. The van der Waals surface area contributed by atoms with Crippen LogP contribution in [-0.4, -0.2) is 32.8 Å². The van der Waals surface area contributed by atoms with Crippen molar-refractivity contribution >= 4 is 0 Å². The van der Waals surface area contributed by atoms with Gasteiger partial charge < -0.3 is 17.2 Å². The molecule has 1 rings (SSSR count). The van der Waals surface area contributed by atoms with E-state index >= 15 is 0 Å². The van der Waals surface area contributed by atoms with E-state index in [0.717, 1.165) is 6.42 Å². The zero-order valence-electron chi connectivity index (χ0n) is 13.9. The number of hydrogen-bond acceptors (Lipinski definition) is 5. The molecule has 0 aromatic carbocycles. The highest BCUT2D eigenvalue weighted by molar-refractivity contribution is 4.65. The average molecular weight is 279 g/mol. The lowest BCUT2D eigenvalue weighted by atomic mass is 9.98. The van der Waals surface area contributed by atoms with E-state index in [1.165, 1.54) is 53.2 Å². The predicted octanol–water partition coefficient (Wildman–Crippen LogP) is 2.18. The summed E-state index contributed by atoms with van der Waals surface area (Å²) in [6, 6.07) is 0. The molecule has 0 radical (unpaired) electrons. The lowest BCUT2D eigenvalue weighted by Crippen LogP contribution is -2.27. The Morgan fingerprint density at radius 3 is 1.68 bits per heavy atom. The number of nitrogens with two attached hydrogens (primary N) is 3. The molecule has 0 spiro atoms. The summed E-state index contributed by atoms with van der Waals surface area (Å²) in [5, 5.41) is 0. The molecule has 1 aliphatic rings. The van der Waals surface area contributed by atoms with Crippen LogP contribution in [0.5, 0.6) is 0 Å². The van der Waals surface area contributed by atoms with Crippen molar-refractivity contribution < 1.29 is 9.78 Å². The average Bonchev–Trinajstić information content (AvgIpc) is 2.52. The van der Waals surface area contributed by atoms with Gasteiger partial charge in [0.1, 0.15) is 0 Å². The third kappa shape index (κ3) is 15.7. The van der Waals surface area contributed by atoms with Crippen molar-refractivity contribution in [2.45, 2.75) is 71.0 Å². The molecular formula is C14H37N3O2. The highest BCUT2D eigenvalue weighted by Gasteiger charge is 2.21. The second kappa shape index (κ2) is 17.8. The summed E-state index contributed by atoms with van der Waals surface area (Å²) in [6.45, 7) is 6.25. The molecule has 0 saturated heterocycles. The van der Waals surface area contributed by atoms with Crippen LogP contribution in [0, 0.1) is 0 Å². The number of rotatable bonds is 4. The van der Waals surface area contributed by atoms with Gasteiger partial charge in [-0.2, -0.15) is 0 Å². The van der Waals surface area contributed by atoms with Gasteiger partial charge in [-0.05, 0) is 54.3 Å². The number of hydrogen-bond donors (Lipinski definition) is 3. The summed E-state index contributed by atoms with van der Waals surface area (Å²) < 4.78 is 0. The summed E-state index contributed by atoms with van der Waals surface area (Å²) in [6.07, 6.45) is 7.61. The van der Waals surface area contributed by atoms with E-state index in [9.17, 15) is 0 Å². The first-order valence-corrected chi connectivity index (χ1v) is 7.22. The van der Waals surface area contributed by atoms with Gasteiger partial charge in [-0.25, -0.2) is 9.78 Å². The topological polar surface area (TPSA) is 96.5 Å². The van der Waals surface area contributed by atoms with E-state index in [1.54, 1.807) is 0 Å². The zero-order valence-corrected chi connectivity index (χ0v) is 13.9. The van der Waals surface area contributed by atoms with Crippen molar-refractivity contribution in [1.29, 1.82) is 0 Å². The first-order chi connectivity index (χ1) is 9.14. The normalized spacial score (nSPS) is 15.0. The molecule has 0 aliphatic heterocycles. The van der Waals surface area contributed by atoms with Gasteiger partial charge in [0.15, 0.2) is 0 Å². The van der Waals surface area contributed by atoms with Crippen LogP contribution in [0.1, 0.15) is 59.3 Å². The molecular weight excluding hydrogens is 242 g/mol. The van der Waals surface area contributed by atoms with Crippen molar-refractivity contribution in [3.63, 3.8) is 0 Å². The van der Waals surface area contributed by atoms with Crippen LogP contribution in [0.2, 0.25) is 0 Å². The highest BCUT2D eigenvalue weighted by atomic mass is 17.2. The lowest BCUT2D eigenvalue weighted by Gasteiger charge is -2.27. The standard InChI is InChI=1S/C11H22O2.3CH5N/c1-4-11(2,3)13-12-10-8-6-5-7-9-10;3*1-2/h10H,4-9H2,1-3H3;3*2H2,1H3. The SMILES string of the molecule is CCC(C)(C)OOC1CCCCC1.CN.CN.CN. The Bertz CT molecular complexity index is 150. The minimum Gasteiger partial charge on any atom is -0.333 e. The molecule has 5 nitrogen and oxygen atoms in total. The Balaban J connectivity index is -0.000000375. The van der Waals surface area contributed by atoms with Gasteiger partial charge >= 0.3 is 0 Å². The summed E-state index contributed by atoms with van der Waals surface area (Å²) in [7, 11) is 4.50. The van der Waals surface area contributed by atoms with Gasteiger partial charge in [0.25, 0.3) is 0 Å². The van der Waals surface area contributed by atoms with Gasteiger partial charge in [0, 0.05) is 0 Å². The predicted molar refractivity (Wildman–Crippen MR) is 83.7 cm³/mol. The molecule has 0 heterocycles. The maximum absolute atomic E-state index is 5.44. The maximum Gasteiger partial charge on any atom is 0.0977 e. The fourth-order valence-corrected chi connectivity index (χ4v) is 1.42. The molecule has 6 N–H and O–H groups in total. The fourth-order valence-electron chi connectivity index (χ4n) is 1.42. The first kappa shape index (κ1) is 23.9. The zero-order chi connectivity index (χ0) is 15.7. The second-order valence-electron chi connectivity index (χ2n) is 4.55. The molecule has 0 aromatic rings. The lowest BCUT2D eigenvalue weighted by molar-refractivity contribution is -0.380. The molecule has 1 aliphatic carbocycles. The largest absolute Gasteiger partial charge is 0.333 e. The van der Waals surface area contributed by atoms with Crippen LogP contribution >= 0.6 is 0 Å². The van der Waals surface area contributed by atoms with Crippen molar-refractivity contribution in [1.82, 2.24) is 0 Å². The van der Waals surface area contributed by atoms with E-state index < -0.39 is 0 Å². The van der Waals surface area contributed by atoms with Crippen LogP contribution in [0.15, 0.2) is 0 Å². The molecule has 120 valence electrons. The van der Waals surface area contributed by atoms with Crippen molar-refractivity contribution in [2.24, 2.45) is 17.2 Å². The van der Waals surface area contributed by atoms with Crippen LogP contribution in [0.3, 0.4) is 0 Å². The molecule has 19 heavy (non-hydrogen) atoms. The van der Waals surface area contributed by atoms with Crippen molar-refractivity contribution in [3.8, 4) is 0 Å². The Labute approximate surface area is 120 Å². The quantitative estimate of drug-likeness (QED) is 0.541. The maximum atomic E-state index is 5.44. The summed E-state index contributed by atoms with van der Waals surface area (Å²) in [5.41, 5.74) is 13.4. The van der Waals surface area contributed by atoms with Crippen molar-refractivity contribution in [3.05, 3.63) is 0 Å². The van der Waals surface area contributed by atoms with Gasteiger partial charge in [-0.1, -0.05) is 26.2 Å². The van der Waals surface area contributed by atoms with Crippen LogP contribution in [-0.2, 0) is 9.78 Å². The fraction of sp³-hybridized carbons (Fsp3) is 1.00. The van der Waals surface area contributed by atoms with Crippen molar-refractivity contribution in [2.75, 3.05) is 21.1 Å². The molecule has 1 saturated carbocycles. The third-order valence-corrected chi connectivity index (χ3v) is 2.81. The van der Waals surface area contributed by atoms with Crippen LogP contribution < -0.4 is 17.2 Å². The van der Waals surface area contributed by atoms with E-state index in [0.29, 0.717) is 6.10 Å². The van der Waals surface area contributed by atoms with E-state index in [4.69, 9.17) is 9.78 Å². The highest BCUT2D eigenvalue weighted by Crippen LogP contribution is 2.23. The summed E-state index contributed by atoms with van der Waals surface area (Å²) >= 11 is 0. The van der Waals surface area contributed by atoms with Gasteiger partial charge in [-0.15, -0.1) is 0 Å². The Hall–Kier alpha value is -0.200. The second-order valence-corrected chi connectivity index (χ2v) is 4.55. The van der Waals surface area contributed by atoms with E-state index in [2.05, 4.69) is 38.0 Å². The minimum atomic E-state index is -0.128. The molecule has 0 aromatic heterocycles. The molecule has 1 fully saturated rings. The van der Waals surface area contributed by atoms with E-state index in [-0.39, 0.29) is 5.60 Å². The monoisotopic (exact) mass is 279 g/mol. The van der Waals surface area contributed by atoms with Gasteiger partial charge in [0.05, 0.1) is 11.7 Å². The minimum absolute atomic E-state index is 0.128. The van der Waals surface area contributed by atoms with Crippen LogP contribution in [0.25, 0.3) is 0 Å². The molecule has 0 amide bonds. The summed E-state index contributed by atoms with van der Waals surface area (Å²) in [4.78, 5) is 10.9. The smallest absolute Gasteiger partial charge is 0.0977 e. The first-order valence-electron chi connectivity index (χ1n) is 7.22.